The molecule has 0 unspecified atom stereocenters. The zero-order valence-corrected chi connectivity index (χ0v) is 16.9. The lowest BCUT2D eigenvalue weighted by molar-refractivity contribution is -0.0379. The van der Waals surface area contributed by atoms with Crippen molar-refractivity contribution in [1.82, 2.24) is 24.5 Å². The molecule has 4 rings (SSSR count). The number of hydrogen-bond acceptors (Lipinski definition) is 8. The molecule has 1 aliphatic heterocycles. The number of carbonyl (C=O) groups is 1. The monoisotopic (exact) mass is 405 g/mol. The molecule has 0 radical (unpaired) electrons. The van der Waals surface area contributed by atoms with Crippen LogP contribution in [0.4, 0.5) is 0 Å². The Balaban J connectivity index is 1.87. The zero-order chi connectivity index (χ0) is 20.1. The molecule has 9 nitrogen and oxygen atoms in total. The number of aliphatic hydroxyl groups is 2. The standard InChI is InChI=1S/C18H23N5O4S/c1-10-19-16-13(11-8-18(2,3)27-9-12(11)28-16)15-20-14(21-23(10)15)17(26)22(4-6-24)5-7-25/h24-25H,4-9H2,1-3H3. The van der Waals surface area contributed by atoms with Gasteiger partial charge >= 0.3 is 0 Å². The van der Waals surface area contributed by atoms with Crippen LogP contribution < -0.4 is 0 Å². The molecule has 1 amide bonds. The molecule has 28 heavy (non-hydrogen) atoms. The molecule has 3 aromatic rings. The molecule has 150 valence electrons. The summed E-state index contributed by atoms with van der Waals surface area (Å²) in [5.74, 6) is 0.251. The average Bonchev–Trinajstić information content (AvgIpc) is 3.21. The van der Waals surface area contributed by atoms with Crippen LogP contribution in [0.2, 0.25) is 0 Å². The number of aromatic nitrogens is 4. The van der Waals surface area contributed by atoms with Gasteiger partial charge in [-0.1, -0.05) is 0 Å². The fraction of sp³-hybridized carbons (Fsp3) is 0.556. The van der Waals surface area contributed by atoms with Crippen LogP contribution in [-0.2, 0) is 17.8 Å². The maximum absolute atomic E-state index is 12.8. The lowest BCUT2D eigenvalue weighted by Gasteiger charge is -2.30. The molecule has 0 saturated heterocycles. The number of fused-ring (bicyclic) bond motifs is 5. The summed E-state index contributed by atoms with van der Waals surface area (Å²) in [5.41, 5.74) is 1.48. The number of nitrogens with zero attached hydrogens (tertiary/aromatic N) is 5. The molecule has 0 bridgehead atoms. The number of hydrogen-bond donors (Lipinski definition) is 2. The molecule has 4 heterocycles. The molecule has 0 aromatic carbocycles. The van der Waals surface area contributed by atoms with E-state index in [1.54, 1.807) is 15.9 Å². The highest BCUT2D eigenvalue weighted by molar-refractivity contribution is 7.19. The average molecular weight is 405 g/mol. The number of aryl methyl sites for hydroxylation is 1. The summed E-state index contributed by atoms with van der Waals surface area (Å²) in [6.45, 7) is 6.30. The topological polar surface area (TPSA) is 113 Å². The third kappa shape index (κ3) is 3.16. The summed E-state index contributed by atoms with van der Waals surface area (Å²) in [5, 5.41) is 23.7. The summed E-state index contributed by atoms with van der Waals surface area (Å²) in [7, 11) is 0. The van der Waals surface area contributed by atoms with E-state index in [1.807, 2.05) is 6.92 Å². The minimum Gasteiger partial charge on any atom is -0.395 e. The number of carbonyl (C=O) groups excluding carboxylic acids is 1. The third-order valence-corrected chi connectivity index (χ3v) is 5.99. The lowest BCUT2D eigenvalue weighted by Crippen LogP contribution is -2.36. The molecule has 0 fully saturated rings. The Morgan fingerprint density at radius 1 is 1.29 bits per heavy atom. The third-order valence-electron chi connectivity index (χ3n) is 4.89. The van der Waals surface area contributed by atoms with Crippen LogP contribution in [0.15, 0.2) is 0 Å². The van der Waals surface area contributed by atoms with Crippen LogP contribution in [0.5, 0.6) is 0 Å². The molecule has 1 aliphatic rings. The number of thiophene rings is 1. The predicted molar refractivity (Wildman–Crippen MR) is 104 cm³/mol. The Kier molecular flexibility index (Phi) is 4.82. The maximum Gasteiger partial charge on any atom is 0.293 e. The molecule has 0 saturated carbocycles. The van der Waals surface area contributed by atoms with Crippen molar-refractivity contribution >= 4 is 33.1 Å². The van der Waals surface area contributed by atoms with Crippen LogP contribution in [0.3, 0.4) is 0 Å². The van der Waals surface area contributed by atoms with E-state index in [4.69, 9.17) is 4.74 Å². The van der Waals surface area contributed by atoms with Gasteiger partial charge in [0.2, 0.25) is 5.82 Å². The van der Waals surface area contributed by atoms with E-state index in [1.165, 1.54) is 4.90 Å². The Morgan fingerprint density at radius 3 is 2.68 bits per heavy atom. The first-order chi connectivity index (χ1) is 13.3. The van der Waals surface area contributed by atoms with E-state index in [0.717, 1.165) is 27.1 Å². The van der Waals surface area contributed by atoms with Crippen molar-refractivity contribution in [3.05, 3.63) is 22.1 Å². The summed E-state index contributed by atoms with van der Waals surface area (Å²) in [6.07, 6.45) is 0.736. The largest absolute Gasteiger partial charge is 0.395 e. The van der Waals surface area contributed by atoms with Crippen LogP contribution in [-0.4, -0.2) is 72.5 Å². The van der Waals surface area contributed by atoms with Gasteiger partial charge in [-0.3, -0.25) is 4.79 Å². The van der Waals surface area contributed by atoms with Gasteiger partial charge in [0, 0.05) is 24.4 Å². The van der Waals surface area contributed by atoms with E-state index in [2.05, 4.69) is 28.9 Å². The minimum atomic E-state index is -0.424. The molecule has 0 aliphatic carbocycles. The molecule has 10 heteroatoms. The second-order valence-electron chi connectivity index (χ2n) is 7.48. The summed E-state index contributed by atoms with van der Waals surface area (Å²) in [4.78, 5) is 25.3. The van der Waals surface area contributed by atoms with E-state index in [9.17, 15) is 15.0 Å². The molecule has 0 spiro atoms. The van der Waals surface area contributed by atoms with Crippen molar-refractivity contribution < 1.29 is 19.7 Å². The van der Waals surface area contributed by atoms with E-state index < -0.39 is 5.91 Å². The highest BCUT2D eigenvalue weighted by Crippen LogP contribution is 2.39. The first-order valence-corrected chi connectivity index (χ1v) is 9.99. The van der Waals surface area contributed by atoms with Crippen molar-refractivity contribution in [3.63, 3.8) is 0 Å². The van der Waals surface area contributed by atoms with Gasteiger partial charge in [0.05, 0.1) is 30.8 Å². The predicted octanol–water partition coefficient (Wildman–Crippen LogP) is 0.926. The Labute approximate surface area is 165 Å². The van der Waals surface area contributed by atoms with Gasteiger partial charge in [-0.2, -0.15) is 4.52 Å². The summed E-state index contributed by atoms with van der Waals surface area (Å²) in [6, 6.07) is 0. The lowest BCUT2D eigenvalue weighted by atomic mass is 9.94. The van der Waals surface area contributed by atoms with Gasteiger partial charge in [-0.05, 0) is 26.3 Å². The Bertz CT molecular complexity index is 1050. The summed E-state index contributed by atoms with van der Waals surface area (Å²) < 4.78 is 7.52. The van der Waals surface area contributed by atoms with Gasteiger partial charge in [-0.15, -0.1) is 16.4 Å². The maximum atomic E-state index is 12.8. The van der Waals surface area contributed by atoms with Crippen molar-refractivity contribution in [2.24, 2.45) is 0 Å². The van der Waals surface area contributed by atoms with Gasteiger partial charge in [0.1, 0.15) is 10.7 Å². The normalized spacial score (nSPS) is 15.9. The molecular formula is C18H23N5O4S. The number of amides is 1. The smallest absolute Gasteiger partial charge is 0.293 e. The Hall–Kier alpha value is -2.14. The second-order valence-corrected chi connectivity index (χ2v) is 8.56. The first-order valence-electron chi connectivity index (χ1n) is 9.17. The molecular weight excluding hydrogens is 382 g/mol. The van der Waals surface area contributed by atoms with Gasteiger partial charge in [0.25, 0.3) is 5.91 Å². The van der Waals surface area contributed by atoms with Gasteiger partial charge in [0.15, 0.2) is 5.65 Å². The van der Waals surface area contributed by atoms with Crippen LogP contribution in [0.25, 0.3) is 15.9 Å². The van der Waals surface area contributed by atoms with Gasteiger partial charge < -0.3 is 19.8 Å². The van der Waals surface area contributed by atoms with Crippen molar-refractivity contribution in [3.8, 4) is 0 Å². The highest BCUT2D eigenvalue weighted by atomic mass is 32.1. The van der Waals surface area contributed by atoms with Crippen LogP contribution in [0, 0.1) is 6.92 Å². The molecule has 0 atom stereocenters. The number of ether oxygens (including phenoxy) is 1. The van der Waals surface area contributed by atoms with Crippen molar-refractivity contribution in [2.45, 2.75) is 39.4 Å². The van der Waals surface area contributed by atoms with E-state index in [0.29, 0.717) is 18.1 Å². The summed E-state index contributed by atoms with van der Waals surface area (Å²) >= 11 is 1.59. The highest BCUT2D eigenvalue weighted by Gasteiger charge is 2.31. The van der Waals surface area contributed by atoms with Crippen molar-refractivity contribution in [2.75, 3.05) is 26.3 Å². The van der Waals surface area contributed by atoms with Crippen LogP contribution in [0.1, 0.15) is 40.7 Å². The van der Waals surface area contributed by atoms with E-state index in [-0.39, 0.29) is 37.7 Å². The van der Waals surface area contributed by atoms with E-state index >= 15 is 0 Å². The molecule has 2 N–H and O–H groups in total. The minimum absolute atomic E-state index is 0.0329. The number of rotatable bonds is 5. The van der Waals surface area contributed by atoms with Gasteiger partial charge in [-0.25, -0.2) is 9.97 Å². The Morgan fingerprint density at radius 2 is 2.00 bits per heavy atom. The number of aliphatic hydroxyl groups excluding tert-OH is 2. The fourth-order valence-electron chi connectivity index (χ4n) is 3.53. The first kappa shape index (κ1) is 19.2. The van der Waals surface area contributed by atoms with Crippen molar-refractivity contribution in [1.29, 1.82) is 0 Å². The quantitative estimate of drug-likeness (QED) is 0.649. The zero-order valence-electron chi connectivity index (χ0n) is 16.1. The molecule has 3 aromatic heterocycles. The van der Waals surface area contributed by atoms with Crippen LogP contribution >= 0.6 is 11.3 Å². The second kappa shape index (κ2) is 7.03. The fourth-order valence-corrected chi connectivity index (χ4v) is 4.67. The SMILES string of the molecule is Cc1nc2sc3c(c2c2nc(C(=O)N(CCO)CCO)nn12)CC(C)(C)OC3.